The first-order chi connectivity index (χ1) is 14.7. The lowest BCUT2D eigenvalue weighted by molar-refractivity contribution is 0.348. The van der Waals surface area contributed by atoms with Crippen LogP contribution in [-0.2, 0) is 6.42 Å². The van der Waals surface area contributed by atoms with Crippen LogP contribution < -0.4 is 0 Å². The van der Waals surface area contributed by atoms with E-state index in [2.05, 4.69) is 49.4 Å². The van der Waals surface area contributed by atoms with Crippen LogP contribution in [0.25, 0.3) is 0 Å². The van der Waals surface area contributed by atoms with Crippen molar-refractivity contribution in [3.63, 3.8) is 0 Å². The van der Waals surface area contributed by atoms with Crippen molar-refractivity contribution in [2.45, 2.75) is 77.0 Å². The molecule has 0 aliphatic heterocycles. The predicted molar refractivity (Wildman–Crippen MR) is 124 cm³/mol. The maximum Gasteiger partial charge on any atom is 0.199 e. The van der Waals surface area contributed by atoms with Crippen molar-refractivity contribution in [1.29, 1.82) is 5.26 Å². The van der Waals surface area contributed by atoms with E-state index in [1.54, 1.807) is 6.08 Å². The van der Waals surface area contributed by atoms with Gasteiger partial charge in [0.25, 0.3) is 0 Å². The van der Waals surface area contributed by atoms with Crippen molar-refractivity contribution in [2.75, 3.05) is 0 Å². The Morgan fingerprint density at radius 1 is 0.900 bits per heavy atom. The SMILES string of the molecule is CCCc1ccc([C@H]2CC[C@H](C=C[C@H]3CC[C@H](C=CC=C(F)C#N)CC3)CC2)cc1. The number of hydrogen-bond donors (Lipinski definition) is 0. The molecule has 3 rings (SSSR count). The minimum absolute atomic E-state index is 0.525. The zero-order valence-corrected chi connectivity index (χ0v) is 18.4. The zero-order valence-electron chi connectivity index (χ0n) is 18.4. The first-order valence-corrected chi connectivity index (χ1v) is 11.9. The lowest BCUT2D eigenvalue weighted by Crippen LogP contribution is -2.14. The van der Waals surface area contributed by atoms with E-state index in [0.717, 1.165) is 24.7 Å². The molecule has 2 aliphatic rings. The van der Waals surface area contributed by atoms with E-state index in [1.807, 2.05) is 0 Å². The van der Waals surface area contributed by atoms with E-state index in [0.29, 0.717) is 11.8 Å². The van der Waals surface area contributed by atoms with E-state index >= 15 is 0 Å². The van der Waals surface area contributed by atoms with Crippen LogP contribution in [0, 0.1) is 29.1 Å². The van der Waals surface area contributed by atoms with Gasteiger partial charge in [-0.05, 0) is 98.7 Å². The molecule has 0 radical (unpaired) electrons. The molecule has 1 aromatic carbocycles. The fourth-order valence-corrected chi connectivity index (χ4v) is 5.07. The van der Waals surface area contributed by atoms with Crippen molar-refractivity contribution in [1.82, 2.24) is 0 Å². The topological polar surface area (TPSA) is 23.8 Å². The van der Waals surface area contributed by atoms with Gasteiger partial charge in [-0.15, -0.1) is 0 Å². The van der Waals surface area contributed by atoms with Crippen molar-refractivity contribution in [3.05, 3.63) is 71.6 Å². The van der Waals surface area contributed by atoms with Gasteiger partial charge in [-0.1, -0.05) is 61.9 Å². The number of nitriles is 1. The predicted octanol–water partition coefficient (Wildman–Crippen LogP) is 8.21. The molecule has 0 bridgehead atoms. The third-order valence-electron chi connectivity index (χ3n) is 6.97. The second kappa shape index (κ2) is 11.9. The summed E-state index contributed by atoms with van der Waals surface area (Å²) in [5, 5.41) is 8.44. The van der Waals surface area contributed by atoms with Crippen molar-refractivity contribution >= 4 is 0 Å². The molecule has 0 unspecified atom stereocenters. The number of halogens is 1. The Labute approximate surface area is 182 Å². The summed E-state index contributed by atoms with van der Waals surface area (Å²) in [5.74, 6) is 2.00. The van der Waals surface area contributed by atoms with Crippen molar-refractivity contribution in [3.8, 4) is 6.07 Å². The van der Waals surface area contributed by atoms with Gasteiger partial charge >= 0.3 is 0 Å². The summed E-state index contributed by atoms with van der Waals surface area (Å²) < 4.78 is 12.8. The molecule has 0 N–H and O–H groups in total. The smallest absolute Gasteiger partial charge is 0.195 e. The van der Waals surface area contributed by atoms with E-state index in [1.165, 1.54) is 74.6 Å². The highest BCUT2D eigenvalue weighted by atomic mass is 19.1. The third kappa shape index (κ3) is 6.98. The second-order valence-corrected chi connectivity index (χ2v) is 9.17. The Bertz CT molecular complexity index is 764. The van der Waals surface area contributed by atoms with Gasteiger partial charge in [0.1, 0.15) is 6.07 Å². The van der Waals surface area contributed by atoms with Crippen LogP contribution in [0.4, 0.5) is 4.39 Å². The molecule has 160 valence electrons. The van der Waals surface area contributed by atoms with E-state index < -0.39 is 5.83 Å². The van der Waals surface area contributed by atoms with Crippen molar-refractivity contribution in [2.24, 2.45) is 17.8 Å². The number of hydrogen-bond acceptors (Lipinski definition) is 1. The van der Waals surface area contributed by atoms with E-state index in [4.69, 9.17) is 5.26 Å². The van der Waals surface area contributed by atoms with Crippen molar-refractivity contribution < 1.29 is 4.39 Å². The molecule has 2 heteroatoms. The first kappa shape index (κ1) is 22.5. The van der Waals surface area contributed by atoms with Crippen LogP contribution in [-0.4, -0.2) is 0 Å². The lowest BCUT2D eigenvalue weighted by atomic mass is 9.77. The summed E-state index contributed by atoms with van der Waals surface area (Å²) in [6.45, 7) is 2.24. The average molecular weight is 406 g/mol. The summed E-state index contributed by atoms with van der Waals surface area (Å²) in [5.41, 5.74) is 3.00. The fourth-order valence-electron chi connectivity index (χ4n) is 5.07. The first-order valence-electron chi connectivity index (χ1n) is 11.9. The molecule has 0 atom stereocenters. The van der Waals surface area contributed by atoms with Gasteiger partial charge in [-0.25, -0.2) is 0 Å². The minimum atomic E-state index is -0.717. The normalized spacial score (nSPS) is 28.1. The van der Waals surface area contributed by atoms with Gasteiger partial charge in [-0.3, -0.25) is 0 Å². The Balaban J connectivity index is 1.38. The quantitative estimate of drug-likeness (QED) is 0.255. The van der Waals surface area contributed by atoms with Gasteiger partial charge in [0, 0.05) is 0 Å². The fraction of sp³-hybridized carbons (Fsp3) is 0.536. The molecule has 2 fully saturated rings. The summed E-state index contributed by atoms with van der Waals surface area (Å²) in [4.78, 5) is 0. The maximum atomic E-state index is 12.8. The highest BCUT2D eigenvalue weighted by Gasteiger charge is 2.22. The van der Waals surface area contributed by atoms with Crippen LogP contribution in [0.1, 0.15) is 81.8 Å². The Hall–Kier alpha value is -2.14. The molecule has 0 amide bonds. The number of rotatable bonds is 7. The standard InChI is InChI=1S/C28H36FN/c1-2-4-22-13-17-26(18-14-22)27-19-15-25(16-20-27)12-11-24-9-7-23(8-10-24)5-3-6-28(29)21-30/h3,5-6,11-14,17-18,23-25,27H,2,4,7-10,15-16,19-20H2,1H3/t23-,24-,25-,27-. The van der Waals surface area contributed by atoms with E-state index in [-0.39, 0.29) is 0 Å². The highest BCUT2D eigenvalue weighted by molar-refractivity contribution is 5.26. The highest BCUT2D eigenvalue weighted by Crippen LogP contribution is 2.37. The second-order valence-electron chi connectivity index (χ2n) is 9.17. The summed E-state index contributed by atoms with van der Waals surface area (Å²) in [6.07, 6.45) is 22.4. The van der Waals surface area contributed by atoms with Gasteiger partial charge < -0.3 is 0 Å². The molecule has 0 aromatic heterocycles. The van der Waals surface area contributed by atoms with Gasteiger partial charge in [0.15, 0.2) is 5.83 Å². The number of aryl methyl sites for hydroxylation is 1. The molecule has 1 aromatic rings. The van der Waals surface area contributed by atoms with Crippen LogP contribution >= 0.6 is 0 Å². The molecule has 2 saturated carbocycles. The van der Waals surface area contributed by atoms with Gasteiger partial charge in [-0.2, -0.15) is 9.65 Å². The van der Waals surface area contributed by atoms with Crippen LogP contribution in [0.3, 0.4) is 0 Å². The molecule has 0 heterocycles. The molecular weight excluding hydrogens is 369 g/mol. The number of benzene rings is 1. The number of allylic oxidation sites excluding steroid dienone is 6. The molecular formula is C28H36FN. The largest absolute Gasteiger partial charge is 0.199 e. The molecule has 0 spiro atoms. The Morgan fingerprint density at radius 2 is 1.43 bits per heavy atom. The van der Waals surface area contributed by atoms with E-state index in [9.17, 15) is 4.39 Å². The molecule has 1 nitrogen and oxygen atoms in total. The molecule has 2 aliphatic carbocycles. The van der Waals surface area contributed by atoms with Crippen LogP contribution in [0.2, 0.25) is 0 Å². The maximum absolute atomic E-state index is 12.8. The molecule has 0 saturated heterocycles. The molecule has 30 heavy (non-hydrogen) atoms. The zero-order chi connectivity index (χ0) is 21.2. The summed E-state index contributed by atoms with van der Waals surface area (Å²) >= 11 is 0. The van der Waals surface area contributed by atoms with Crippen LogP contribution in [0.5, 0.6) is 0 Å². The van der Waals surface area contributed by atoms with Crippen LogP contribution in [0.15, 0.2) is 60.5 Å². The monoisotopic (exact) mass is 405 g/mol. The van der Waals surface area contributed by atoms with Gasteiger partial charge in [0.2, 0.25) is 0 Å². The summed E-state index contributed by atoms with van der Waals surface area (Å²) in [7, 11) is 0. The minimum Gasteiger partial charge on any atom is -0.195 e. The lowest BCUT2D eigenvalue weighted by Gasteiger charge is -2.28. The van der Waals surface area contributed by atoms with Gasteiger partial charge in [0.05, 0.1) is 0 Å². The number of nitrogens with zero attached hydrogens (tertiary/aromatic N) is 1. The Kier molecular flexibility index (Phi) is 8.94. The average Bonchev–Trinajstić information content (AvgIpc) is 2.79. The third-order valence-corrected chi connectivity index (χ3v) is 6.97. The Morgan fingerprint density at radius 3 is 1.97 bits per heavy atom. The summed E-state index contributed by atoms with van der Waals surface area (Å²) in [6, 6.07) is 10.9.